The van der Waals surface area contributed by atoms with Gasteiger partial charge in [-0.3, -0.25) is 4.79 Å². The lowest BCUT2D eigenvalue weighted by atomic mass is 9.81. The zero-order chi connectivity index (χ0) is 15.5. The van der Waals surface area contributed by atoms with E-state index < -0.39 is 0 Å². The van der Waals surface area contributed by atoms with Crippen molar-refractivity contribution in [2.24, 2.45) is 11.3 Å². The predicted molar refractivity (Wildman–Crippen MR) is 84.3 cm³/mol. The molecule has 0 spiro atoms. The van der Waals surface area contributed by atoms with Gasteiger partial charge in [-0.25, -0.2) is 4.98 Å². The average Bonchev–Trinajstić information content (AvgIpc) is 2.35. The van der Waals surface area contributed by atoms with Gasteiger partial charge in [-0.1, -0.05) is 53.1 Å². The molecule has 112 valence electrons. The second kappa shape index (κ2) is 6.57. The number of amides is 1. The van der Waals surface area contributed by atoms with Gasteiger partial charge in [0.15, 0.2) is 0 Å². The minimum absolute atomic E-state index is 0.0629. The minimum Gasteiger partial charge on any atom is -0.351 e. The van der Waals surface area contributed by atoms with Gasteiger partial charge in [-0.05, 0) is 29.4 Å². The maximum absolute atomic E-state index is 12.2. The van der Waals surface area contributed by atoms with Crippen LogP contribution < -0.4 is 5.32 Å². The fourth-order valence-electron chi connectivity index (χ4n) is 1.56. The molecule has 0 fully saturated rings. The van der Waals surface area contributed by atoms with Crippen molar-refractivity contribution in [1.29, 1.82) is 0 Å². The van der Waals surface area contributed by atoms with Crippen molar-refractivity contribution in [2.75, 3.05) is 6.54 Å². The Morgan fingerprint density at radius 3 is 2.40 bits per heavy atom. The van der Waals surface area contributed by atoms with Crippen molar-refractivity contribution >= 4 is 17.5 Å². The molecule has 1 N–H and O–H groups in total. The Labute approximate surface area is 127 Å². The quantitative estimate of drug-likeness (QED) is 0.825. The summed E-state index contributed by atoms with van der Waals surface area (Å²) in [6.45, 7) is 13.3. The number of pyridine rings is 1. The molecule has 1 heterocycles. The number of rotatable bonds is 5. The summed E-state index contributed by atoms with van der Waals surface area (Å²) in [6.07, 6.45) is 0. The number of hydrogen-bond acceptors (Lipinski definition) is 2. The molecule has 1 amide bonds. The highest BCUT2D eigenvalue weighted by Gasteiger charge is 2.23. The molecule has 20 heavy (non-hydrogen) atoms. The van der Waals surface area contributed by atoms with E-state index in [1.807, 2.05) is 19.9 Å². The smallest absolute Gasteiger partial charge is 0.251 e. The van der Waals surface area contributed by atoms with Crippen LogP contribution >= 0.6 is 11.6 Å². The second-order valence-corrected chi connectivity index (χ2v) is 6.97. The summed E-state index contributed by atoms with van der Waals surface area (Å²) in [6, 6.07) is 3.43. The van der Waals surface area contributed by atoms with Crippen LogP contribution in [0.25, 0.3) is 0 Å². The minimum atomic E-state index is -0.0927. The first kappa shape index (κ1) is 17.0. The summed E-state index contributed by atoms with van der Waals surface area (Å²) >= 11 is 5.99. The molecule has 0 atom stereocenters. The van der Waals surface area contributed by atoms with E-state index in [2.05, 4.69) is 38.0 Å². The van der Waals surface area contributed by atoms with Crippen LogP contribution in [0, 0.1) is 11.3 Å². The van der Waals surface area contributed by atoms with E-state index in [4.69, 9.17) is 11.6 Å². The van der Waals surface area contributed by atoms with Gasteiger partial charge in [0.05, 0.1) is 0 Å². The van der Waals surface area contributed by atoms with Crippen molar-refractivity contribution in [2.45, 2.75) is 47.5 Å². The molecule has 0 aliphatic rings. The van der Waals surface area contributed by atoms with Crippen molar-refractivity contribution in [1.82, 2.24) is 10.3 Å². The fourth-order valence-corrected chi connectivity index (χ4v) is 1.77. The molecule has 0 aromatic carbocycles. The van der Waals surface area contributed by atoms with Gasteiger partial charge in [0.25, 0.3) is 5.91 Å². The summed E-state index contributed by atoms with van der Waals surface area (Å²) in [7, 11) is 0. The van der Waals surface area contributed by atoms with Gasteiger partial charge in [0.1, 0.15) is 5.15 Å². The molecule has 0 aliphatic heterocycles. The van der Waals surface area contributed by atoms with Crippen molar-refractivity contribution < 1.29 is 4.79 Å². The van der Waals surface area contributed by atoms with E-state index in [1.165, 1.54) is 0 Å². The van der Waals surface area contributed by atoms with Crippen LogP contribution in [0.1, 0.15) is 63.5 Å². The Bertz CT molecular complexity index is 481. The Balaban J connectivity index is 2.83. The van der Waals surface area contributed by atoms with E-state index in [0.29, 0.717) is 23.2 Å². The van der Waals surface area contributed by atoms with Crippen LogP contribution in [0.15, 0.2) is 12.1 Å². The molecule has 1 rings (SSSR count). The van der Waals surface area contributed by atoms with Crippen LogP contribution in [0.2, 0.25) is 5.15 Å². The van der Waals surface area contributed by atoms with Crippen LogP contribution in [-0.2, 0) is 0 Å². The lowest BCUT2D eigenvalue weighted by Crippen LogP contribution is -2.37. The molecule has 1 aromatic heterocycles. The molecule has 3 nitrogen and oxygen atoms in total. The maximum atomic E-state index is 12.2. The molecule has 0 saturated carbocycles. The highest BCUT2D eigenvalue weighted by molar-refractivity contribution is 6.29. The van der Waals surface area contributed by atoms with Gasteiger partial charge in [0, 0.05) is 17.8 Å². The molecule has 1 aromatic rings. The lowest BCUT2D eigenvalue weighted by molar-refractivity contribution is 0.0924. The number of carbonyl (C=O) groups excluding carboxylic acids is 1. The first-order valence-corrected chi connectivity index (χ1v) is 7.47. The summed E-state index contributed by atoms with van der Waals surface area (Å²) in [4.78, 5) is 16.5. The van der Waals surface area contributed by atoms with E-state index in [0.717, 1.165) is 5.69 Å². The topological polar surface area (TPSA) is 42.0 Å². The number of nitrogens with one attached hydrogen (secondary N) is 1. The monoisotopic (exact) mass is 296 g/mol. The Kier molecular flexibility index (Phi) is 5.58. The lowest BCUT2D eigenvalue weighted by Gasteiger charge is -2.29. The zero-order valence-corrected chi connectivity index (χ0v) is 14.0. The Hall–Kier alpha value is -1.09. The highest BCUT2D eigenvalue weighted by atomic mass is 35.5. The van der Waals surface area contributed by atoms with Crippen LogP contribution in [0.5, 0.6) is 0 Å². The molecule has 4 heteroatoms. The van der Waals surface area contributed by atoms with Crippen molar-refractivity contribution in [3.05, 3.63) is 28.5 Å². The fraction of sp³-hybridized carbons (Fsp3) is 0.625. The Morgan fingerprint density at radius 1 is 1.30 bits per heavy atom. The largest absolute Gasteiger partial charge is 0.351 e. The Morgan fingerprint density at radius 2 is 1.90 bits per heavy atom. The number of nitrogens with zero attached hydrogens (tertiary/aromatic N) is 1. The SMILES string of the molecule is CC(C)c1cc(C(=O)NCC(C)(C)C(C)C)cc(Cl)n1. The summed E-state index contributed by atoms with van der Waals surface area (Å²) in [5, 5.41) is 3.35. The van der Waals surface area contributed by atoms with E-state index in [9.17, 15) is 4.79 Å². The normalized spacial score (nSPS) is 12.1. The van der Waals surface area contributed by atoms with E-state index >= 15 is 0 Å². The average molecular weight is 297 g/mol. The molecule has 0 aliphatic carbocycles. The first-order chi connectivity index (χ1) is 9.13. The van der Waals surface area contributed by atoms with Gasteiger partial charge in [-0.2, -0.15) is 0 Å². The summed E-state index contributed by atoms with van der Waals surface area (Å²) in [5.74, 6) is 0.646. The number of aromatic nitrogens is 1. The van der Waals surface area contributed by atoms with E-state index in [-0.39, 0.29) is 17.2 Å². The zero-order valence-electron chi connectivity index (χ0n) is 13.2. The summed E-state index contributed by atoms with van der Waals surface area (Å²) < 4.78 is 0. The molecule has 0 radical (unpaired) electrons. The van der Waals surface area contributed by atoms with Crippen LogP contribution in [0.4, 0.5) is 0 Å². The third kappa shape index (κ3) is 4.48. The maximum Gasteiger partial charge on any atom is 0.251 e. The van der Waals surface area contributed by atoms with E-state index in [1.54, 1.807) is 6.07 Å². The molecular weight excluding hydrogens is 272 g/mol. The second-order valence-electron chi connectivity index (χ2n) is 6.58. The number of carbonyl (C=O) groups is 1. The van der Waals surface area contributed by atoms with Crippen LogP contribution in [0.3, 0.4) is 0 Å². The third-order valence-electron chi connectivity index (χ3n) is 3.94. The van der Waals surface area contributed by atoms with Gasteiger partial charge >= 0.3 is 0 Å². The first-order valence-electron chi connectivity index (χ1n) is 7.09. The third-order valence-corrected chi connectivity index (χ3v) is 4.13. The van der Waals surface area contributed by atoms with Crippen molar-refractivity contribution in [3.63, 3.8) is 0 Å². The van der Waals surface area contributed by atoms with Crippen LogP contribution in [-0.4, -0.2) is 17.4 Å². The molecule has 0 unspecified atom stereocenters. The van der Waals surface area contributed by atoms with Gasteiger partial charge < -0.3 is 5.32 Å². The summed E-state index contributed by atoms with van der Waals surface area (Å²) in [5.41, 5.74) is 1.48. The van der Waals surface area contributed by atoms with Gasteiger partial charge in [0.2, 0.25) is 0 Å². The predicted octanol–water partition coefficient (Wildman–Crippen LogP) is 4.27. The molecule has 0 saturated heterocycles. The van der Waals surface area contributed by atoms with Crippen molar-refractivity contribution in [3.8, 4) is 0 Å². The highest BCUT2D eigenvalue weighted by Crippen LogP contribution is 2.25. The van der Waals surface area contributed by atoms with Gasteiger partial charge in [-0.15, -0.1) is 0 Å². The number of hydrogen-bond donors (Lipinski definition) is 1. The molecule has 0 bridgehead atoms. The number of halogens is 1. The molecular formula is C16H25ClN2O. The standard InChI is InChI=1S/C16H25ClN2O/c1-10(2)13-7-12(8-14(17)19-13)15(20)18-9-16(5,6)11(3)4/h7-8,10-11H,9H2,1-6H3,(H,18,20).